The average molecular weight is 251 g/mol. The number of hydrogen-bond donors (Lipinski definition) is 1. The summed E-state index contributed by atoms with van der Waals surface area (Å²) >= 11 is 0. The van der Waals surface area contributed by atoms with Gasteiger partial charge in [-0.25, -0.2) is 8.78 Å². The van der Waals surface area contributed by atoms with Crippen LogP contribution in [0, 0.1) is 11.6 Å². The highest BCUT2D eigenvalue weighted by Crippen LogP contribution is 2.18. The van der Waals surface area contributed by atoms with Crippen molar-refractivity contribution in [1.29, 1.82) is 0 Å². The van der Waals surface area contributed by atoms with E-state index in [1.165, 1.54) is 0 Å². The van der Waals surface area contributed by atoms with Gasteiger partial charge >= 0.3 is 0 Å². The Balaban J connectivity index is 2.15. The molecule has 6 heteroatoms. The number of nitrogens with one attached hydrogen (secondary N) is 1. The predicted molar refractivity (Wildman–Crippen MR) is 61.6 cm³/mol. The molecular weight excluding hydrogens is 240 g/mol. The van der Waals surface area contributed by atoms with Gasteiger partial charge in [0.15, 0.2) is 0 Å². The van der Waals surface area contributed by atoms with Gasteiger partial charge in [-0.15, -0.1) is 6.58 Å². The predicted octanol–water partition coefficient (Wildman–Crippen LogP) is 2.29. The maximum absolute atomic E-state index is 13.0. The SMILES string of the molecule is C=CCNCc1nc(-c2cc(F)cc(F)c2)no1. The molecule has 1 heterocycles. The van der Waals surface area contributed by atoms with Gasteiger partial charge in [-0.3, -0.25) is 0 Å². The molecular formula is C12H11F2N3O. The lowest BCUT2D eigenvalue weighted by atomic mass is 10.2. The summed E-state index contributed by atoms with van der Waals surface area (Å²) in [7, 11) is 0. The summed E-state index contributed by atoms with van der Waals surface area (Å²) in [5, 5.41) is 6.64. The van der Waals surface area contributed by atoms with E-state index in [1.807, 2.05) is 0 Å². The first-order chi connectivity index (χ1) is 8.69. The molecule has 0 aliphatic heterocycles. The third kappa shape index (κ3) is 2.98. The Hall–Kier alpha value is -2.08. The van der Waals surface area contributed by atoms with Gasteiger partial charge in [-0.05, 0) is 12.1 Å². The van der Waals surface area contributed by atoms with Crippen molar-refractivity contribution in [3.05, 3.63) is 48.4 Å². The molecule has 2 rings (SSSR count). The third-order valence-electron chi connectivity index (χ3n) is 2.15. The van der Waals surface area contributed by atoms with E-state index < -0.39 is 11.6 Å². The van der Waals surface area contributed by atoms with Gasteiger partial charge in [-0.2, -0.15) is 4.98 Å². The smallest absolute Gasteiger partial charge is 0.240 e. The van der Waals surface area contributed by atoms with Gasteiger partial charge in [-0.1, -0.05) is 11.2 Å². The number of rotatable bonds is 5. The van der Waals surface area contributed by atoms with Gasteiger partial charge in [0.05, 0.1) is 6.54 Å². The Bertz CT molecular complexity index is 534. The Morgan fingerprint density at radius 3 is 2.67 bits per heavy atom. The van der Waals surface area contributed by atoms with Crippen molar-refractivity contribution in [3.8, 4) is 11.4 Å². The quantitative estimate of drug-likeness (QED) is 0.654. The average Bonchev–Trinajstić information content (AvgIpc) is 2.77. The van der Waals surface area contributed by atoms with Crippen LogP contribution in [0.2, 0.25) is 0 Å². The summed E-state index contributed by atoms with van der Waals surface area (Å²) in [5.41, 5.74) is 0.242. The molecule has 0 aliphatic carbocycles. The Kier molecular flexibility index (Phi) is 3.78. The highest BCUT2D eigenvalue weighted by Gasteiger charge is 2.10. The highest BCUT2D eigenvalue weighted by atomic mass is 19.1. The zero-order valence-corrected chi connectivity index (χ0v) is 9.49. The molecule has 0 spiro atoms. The number of halogens is 2. The minimum Gasteiger partial charge on any atom is -0.338 e. The van der Waals surface area contributed by atoms with E-state index in [2.05, 4.69) is 22.0 Å². The molecule has 0 unspecified atom stereocenters. The molecule has 0 saturated carbocycles. The molecule has 1 aromatic heterocycles. The van der Waals surface area contributed by atoms with Gasteiger partial charge < -0.3 is 9.84 Å². The molecule has 0 fully saturated rings. The van der Waals surface area contributed by atoms with E-state index in [0.717, 1.165) is 18.2 Å². The van der Waals surface area contributed by atoms with Crippen LogP contribution in [0.3, 0.4) is 0 Å². The molecule has 1 aromatic carbocycles. The fourth-order valence-electron chi connectivity index (χ4n) is 1.41. The van der Waals surface area contributed by atoms with E-state index in [4.69, 9.17) is 4.52 Å². The Morgan fingerprint density at radius 1 is 1.28 bits per heavy atom. The van der Waals surface area contributed by atoms with Crippen LogP contribution in [0.4, 0.5) is 8.78 Å². The third-order valence-corrected chi connectivity index (χ3v) is 2.15. The minimum absolute atomic E-state index is 0.156. The van der Waals surface area contributed by atoms with Crippen molar-refractivity contribution in [2.24, 2.45) is 0 Å². The lowest BCUT2D eigenvalue weighted by molar-refractivity contribution is 0.370. The first-order valence-electron chi connectivity index (χ1n) is 5.29. The van der Waals surface area contributed by atoms with Crippen molar-refractivity contribution in [2.75, 3.05) is 6.54 Å². The lowest BCUT2D eigenvalue weighted by Gasteiger charge is -1.95. The van der Waals surface area contributed by atoms with E-state index >= 15 is 0 Å². The summed E-state index contributed by atoms with van der Waals surface area (Å²) in [6.45, 7) is 4.53. The summed E-state index contributed by atoms with van der Waals surface area (Å²) < 4.78 is 31.0. The molecule has 4 nitrogen and oxygen atoms in total. The molecule has 0 atom stereocenters. The van der Waals surface area contributed by atoms with Gasteiger partial charge in [0.25, 0.3) is 0 Å². The van der Waals surface area contributed by atoms with E-state index in [-0.39, 0.29) is 11.4 Å². The zero-order valence-electron chi connectivity index (χ0n) is 9.49. The van der Waals surface area contributed by atoms with Crippen molar-refractivity contribution in [3.63, 3.8) is 0 Å². The van der Waals surface area contributed by atoms with Crippen molar-refractivity contribution >= 4 is 0 Å². The number of benzene rings is 1. The first-order valence-corrected chi connectivity index (χ1v) is 5.29. The van der Waals surface area contributed by atoms with Gasteiger partial charge in [0.1, 0.15) is 11.6 Å². The fraction of sp³-hybridized carbons (Fsp3) is 0.167. The summed E-state index contributed by atoms with van der Waals surface area (Å²) in [6, 6.07) is 3.08. The summed E-state index contributed by atoms with van der Waals surface area (Å²) in [6.07, 6.45) is 1.69. The zero-order chi connectivity index (χ0) is 13.0. The maximum atomic E-state index is 13.0. The maximum Gasteiger partial charge on any atom is 0.240 e. The topological polar surface area (TPSA) is 51.0 Å². The Labute approximate surface area is 102 Å². The van der Waals surface area contributed by atoms with Crippen LogP contribution in [0.15, 0.2) is 35.4 Å². The van der Waals surface area contributed by atoms with Gasteiger partial charge in [0.2, 0.25) is 11.7 Å². The second-order valence-electron chi connectivity index (χ2n) is 3.59. The Morgan fingerprint density at radius 2 is 2.00 bits per heavy atom. The second kappa shape index (κ2) is 5.50. The number of aromatic nitrogens is 2. The first kappa shape index (κ1) is 12.4. The van der Waals surface area contributed by atoms with E-state index in [9.17, 15) is 8.78 Å². The van der Waals surface area contributed by atoms with Crippen LogP contribution < -0.4 is 5.32 Å². The monoisotopic (exact) mass is 251 g/mol. The van der Waals surface area contributed by atoms with Crippen LogP contribution in [-0.4, -0.2) is 16.7 Å². The van der Waals surface area contributed by atoms with E-state index in [0.29, 0.717) is 19.0 Å². The molecule has 0 radical (unpaired) electrons. The van der Waals surface area contributed by atoms with Crippen LogP contribution >= 0.6 is 0 Å². The van der Waals surface area contributed by atoms with Crippen molar-refractivity contribution < 1.29 is 13.3 Å². The molecule has 0 saturated heterocycles. The molecule has 1 N–H and O–H groups in total. The lowest BCUT2D eigenvalue weighted by Crippen LogP contribution is -2.12. The standard InChI is InChI=1S/C12H11F2N3O/c1-2-3-15-7-11-16-12(17-18-11)8-4-9(13)6-10(14)5-8/h2,4-6,15H,1,3,7H2. The second-order valence-corrected chi connectivity index (χ2v) is 3.59. The molecule has 94 valence electrons. The normalized spacial score (nSPS) is 10.6. The molecule has 0 amide bonds. The van der Waals surface area contributed by atoms with Gasteiger partial charge in [0, 0.05) is 18.2 Å². The highest BCUT2D eigenvalue weighted by molar-refractivity contribution is 5.54. The minimum atomic E-state index is -0.680. The summed E-state index contributed by atoms with van der Waals surface area (Å²) in [5.74, 6) is -0.859. The molecule has 0 bridgehead atoms. The molecule has 0 aliphatic rings. The van der Waals surface area contributed by atoms with Crippen molar-refractivity contribution in [2.45, 2.75) is 6.54 Å². The number of nitrogens with zero attached hydrogens (tertiary/aromatic N) is 2. The van der Waals surface area contributed by atoms with Crippen molar-refractivity contribution in [1.82, 2.24) is 15.5 Å². The fourth-order valence-corrected chi connectivity index (χ4v) is 1.41. The molecule has 18 heavy (non-hydrogen) atoms. The summed E-state index contributed by atoms with van der Waals surface area (Å²) in [4.78, 5) is 4.03. The van der Waals surface area contributed by atoms with Crippen LogP contribution in [0.5, 0.6) is 0 Å². The number of hydrogen-bond acceptors (Lipinski definition) is 4. The van der Waals surface area contributed by atoms with E-state index in [1.54, 1.807) is 6.08 Å². The van der Waals surface area contributed by atoms with Crippen LogP contribution in [0.25, 0.3) is 11.4 Å². The molecule has 2 aromatic rings. The van der Waals surface area contributed by atoms with Crippen LogP contribution in [0.1, 0.15) is 5.89 Å². The van der Waals surface area contributed by atoms with Crippen LogP contribution in [-0.2, 0) is 6.54 Å². The largest absolute Gasteiger partial charge is 0.338 e.